The molecule has 0 unspecified atom stereocenters. The number of anilines is 1. The molecule has 5 heteroatoms. The molecule has 0 aliphatic carbocycles. The van der Waals surface area contributed by atoms with E-state index in [2.05, 4.69) is 24.3 Å². The van der Waals surface area contributed by atoms with Crippen LogP contribution in [0.2, 0.25) is 0 Å². The van der Waals surface area contributed by atoms with Gasteiger partial charge in [0.2, 0.25) is 5.91 Å². The van der Waals surface area contributed by atoms with Crippen LogP contribution >= 0.6 is 0 Å². The van der Waals surface area contributed by atoms with Crippen molar-refractivity contribution in [1.82, 2.24) is 9.78 Å². The van der Waals surface area contributed by atoms with Gasteiger partial charge in [0.1, 0.15) is 11.6 Å². The molecule has 0 radical (unpaired) electrons. The van der Waals surface area contributed by atoms with Crippen LogP contribution in [0, 0.1) is 5.92 Å². The van der Waals surface area contributed by atoms with E-state index in [4.69, 9.17) is 4.74 Å². The fraction of sp³-hybridized carbons (Fsp3) is 0.412. The summed E-state index contributed by atoms with van der Waals surface area (Å²) in [6, 6.07) is 9.60. The van der Waals surface area contributed by atoms with Crippen LogP contribution in [-0.4, -0.2) is 22.8 Å². The first-order valence-corrected chi connectivity index (χ1v) is 7.53. The average Bonchev–Trinajstić information content (AvgIpc) is 2.92. The van der Waals surface area contributed by atoms with Crippen molar-refractivity contribution in [2.75, 3.05) is 12.4 Å². The summed E-state index contributed by atoms with van der Waals surface area (Å²) in [6.45, 7) is 5.04. The van der Waals surface area contributed by atoms with E-state index in [0.717, 1.165) is 23.7 Å². The summed E-state index contributed by atoms with van der Waals surface area (Å²) in [5, 5.41) is 7.16. The zero-order valence-electron chi connectivity index (χ0n) is 13.4. The molecule has 1 N–H and O–H groups in total. The lowest BCUT2D eigenvalue weighted by Gasteiger charge is -2.11. The first-order valence-electron chi connectivity index (χ1n) is 7.53. The minimum atomic E-state index is 0.00123. The number of aromatic nitrogens is 2. The summed E-state index contributed by atoms with van der Waals surface area (Å²) in [4.78, 5) is 12.1. The second-order valence-electron chi connectivity index (χ2n) is 5.69. The molecule has 0 fully saturated rings. The Kier molecular flexibility index (Phi) is 5.58. The third kappa shape index (κ3) is 4.62. The average molecular weight is 301 g/mol. The lowest BCUT2D eigenvalue weighted by Crippen LogP contribution is -2.17. The smallest absolute Gasteiger partial charge is 0.225 e. The van der Waals surface area contributed by atoms with E-state index in [1.807, 2.05) is 35.0 Å². The predicted octanol–water partition coefficient (Wildman–Crippen LogP) is 3.12. The minimum absolute atomic E-state index is 0.00123. The topological polar surface area (TPSA) is 56.1 Å². The van der Waals surface area contributed by atoms with Crippen LogP contribution in [-0.2, 0) is 17.8 Å². The fourth-order valence-corrected chi connectivity index (χ4v) is 2.19. The molecule has 2 aromatic rings. The van der Waals surface area contributed by atoms with E-state index in [0.29, 0.717) is 18.8 Å². The van der Waals surface area contributed by atoms with Gasteiger partial charge in [0, 0.05) is 19.0 Å². The number of hydrogen-bond acceptors (Lipinski definition) is 3. The van der Waals surface area contributed by atoms with Crippen molar-refractivity contribution >= 4 is 11.7 Å². The van der Waals surface area contributed by atoms with Gasteiger partial charge >= 0.3 is 0 Å². The maximum atomic E-state index is 12.1. The first kappa shape index (κ1) is 16.1. The number of methoxy groups -OCH3 is 1. The molecule has 1 amide bonds. The van der Waals surface area contributed by atoms with Crippen molar-refractivity contribution in [3.63, 3.8) is 0 Å². The number of rotatable bonds is 7. The van der Waals surface area contributed by atoms with E-state index >= 15 is 0 Å². The Bertz CT molecular complexity index is 603. The van der Waals surface area contributed by atoms with Gasteiger partial charge in [0.15, 0.2) is 0 Å². The molecule has 0 saturated heterocycles. The van der Waals surface area contributed by atoms with Gasteiger partial charge in [-0.15, -0.1) is 0 Å². The number of aryl methyl sites for hydroxylation is 1. The van der Waals surface area contributed by atoms with E-state index in [1.54, 1.807) is 13.3 Å². The van der Waals surface area contributed by atoms with Crippen LogP contribution in [0.5, 0.6) is 5.75 Å². The molecule has 5 nitrogen and oxygen atoms in total. The Morgan fingerprint density at radius 2 is 2.00 bits per heavy atom. The van der Waals surface area contributed by atoms with E-state index < -0.39 is 0 Å². The van der Waals surface area contributed by atoms with Gasteiger partial charge in [-0.25, -0.2) is 4.68 Å². The number of nitrogens with one attached hydrogen (secondary N) is 1. The molecule has 0 saturated carbocycles. The van der Waals surface area contributed by atoms with E-state index in [-0.39, 0.29) is 5.91 Å². The SMILES string of the molecule is COc1ccc(CCC(=O)Nc2ccnn2CC(C)C)cc1. The molecule has 0 aliphatic heterocycles. The third-order valence-electron chi connectivity index (χ3n) is 3.32. The molecule has 0 spiro atoms. The number of carbonyl (C=O) groups excluding carboxylic acids is 1. The molecular formula is C17H23N3O2. The summed E-state index contributed by atoms with van der Waals surface area (Å²) < 4.78 is 6.95. The zero-order chi connectivity index (χ0) is 15.9. The van der Waals surface area contributed by atoms with Crippen LogP contribution in [0.1, 0.15) is 25.8 Å². The first-order chi connectivity index (χ1) is 10.6. The van der Waals surface area contributed by atoms with E-state index in [9.17, 15) is 4.79 Å². The number of ether oxygens (including phenoxy) is 1. The monoisotopic (exact) mass is 301 g/mol. The normalized spacial score (nSPS) is 10.7. The molecule has 22 heavy (non-hydrogen) atoms. The standard InChI is InChI=1S/C17H23N3O2/c1-13(2)12-20-16(10-11-18-20)19-17(21)9-6-14-4-7-15(22-3)8-5-14/h4-5,7-8,10-11,13H,6,9,12H2,1-3H3,(H,19,21). The number of benzene rings is 1. The predicted molar refractivity (Wildman–Crippen MR) is 87.0 cm³/mol. The number of amides is 1. The number of hydrogen-bond donors (Lipinski definition) is 1. The molecule has 1 aromatic carbocycles. The van der Waals surface area contributed by atoms with Gasteiger partial charge in [0.05, 0.1) is 13.3 Å². The van der Waals surface area contributed by atoms with Crippen molar-refractivity contribution < 1.29 is 9.53 Å². The van der Waals surface area contributed by atoms with Crippen LogP contribution in [0.3, 0.4) is 0 Å². The van der Waals surface area contributed by atoms with Crippen LogP contribution < -0.4 is 10.1 Å². The third-order valence-corrected chi connectivity index (χ3v) is 3.32. The summed E-state index contributed by atoms with van der Waals surface area (Å²) in [5.74, 6) is 2.07. The maximum Gasteiger partial charge on any atom is 0.225 e. The molecule has 1 heterocycles. The maximum absolute atomic E-state index is 12.1. The van der Waals surface area contributed by atoms with Gasteiger partial charge in [-0.1, -0.05) is 26.0 Å². The molecular weight excluding hydrogens is 278 g/mol. The molecule has 118 valence electrons. The number of nitrogens with zero attached hydrogens (tertiary/aromatic N) is 2. The van der Waals surface area contributed by atoms with Crippen molar-refractivity contribution in [2.45, 2.75) is 33.2 Å². The highest BCUT2D eigenvalue weighted by molar-refractivity contribution is 5.89. The molecule has 0 bridgehead atoms. The number of carbonyl (C=O) groups is 1. The Morgan fingerprint density at radius 1 is 1.27 bits per heavy atom. The Labute approximate surface area is 131 Å². The van der Waals surface area contributed by atoms with Crippen molar-refractivity contribution in [3.05, 3.63) is 42.1 Å². The summed E-state index contributed by atoms with van der Waals surface area (Å²) >= 11 is 0. The second kappa shape index (κ2) is 7.64. The molecule has 2 rings (SSSR count). The lowest BCUT2D eigenvalue weighted by molar-refractivity contribution is -0.116. The highest BCUT2D eigenvalue weighted by atomic mass is 16.5. The van der Waals surface area contributed by atoms with Crippen molar-refractivity contribution in [1.29, 1.82) is 0 Å². The van der Waals surface area contributed by atoms with Gasteiger partial charge in [-0.2, -0.15) is 5.10 Å². The van der Waals surface area contributed by atoms with Crippen LogP contribution in [0.4, 0.5) is 5.82 Å². The Morgan fingerprint density at radius 3 is 2.64 bits per heavy atom. The van der Waals surface area contributed by atoms with Crippen molar-refractivity contribution in [2.24, 2.45) is 5.92 Å². The van der Waals surface area contributed by atoms with Crippen LogP contribution in [0.25, 0.3) is 0 Å². The summed E-state index contributed by atoms with van der Waals surface area (Å²) in [6.07, 6.45) is 2.86. The Balaban J connectivity index is 1.86. The lowest BCUT2D eigenvalue weighted by atomic mass is 10.1. The molecule has 0 aliphatic rings. The summed E-state index contributed by atoms with van der Waals surface area (Å²) in [5.41, 5.74) is 1.12. The molecule has 0 atom stereocenters. The second-order valence-corrected chi connectivity index (χ2v) is 5.69. The van der Waals surface area contributed by atoms with Gasteiger partial charge in [-0.05, 0) is 30.0 Å². The molecule has 1 aromatic heterocycles. The quantitative estimate of drug-likeness (QED) is 0.855. The Hall–Kier alpha value is -2.30. The fourth-order valence-electron chi connectivity index (χ4n) is 2.19. The minimum Gasteiger partial charge on any atom is -0.497 e. The zero-order valence-corrected chi connectivity index (χ0v) is 13.4. The van der Waals surface area contributed by atoms with Gasteiger partial charge in [0.25, 0.3) is 0 Å². The van der Waals surface area contributed by atoms with Gasteiger partial charge in [-0.3, -0.25) is 4.79 Å². The summed E-state index contributed by atoms with van der Waals surface area (Å²) in [7, 11) is 1.64. The van der Waals surface area contributed by atoms with Gasteiger partial charge < -0.3 is 10.1 Å². The van der Waals surface area contributed by atoms with E-state index in [1.165, 1.54) is 0 Å². The van der Waals surface area contributed by atoms with Crippen LogP contribution in [0.15, 0.2) is 36.5 Å². The largest absolute Gasteiger partial charge is 0.497 e. The highest BCUT2D eigenvalue weighted by Crippen LogP contribution is 2.14. The highest BCUT2D eigenvalue weighted by Gasteiger charge is 2.08. The van der Waals surface area contributed by atoms with Crippen molar-refractivity contribution in [3.8, 4) is 5.75 Å².